The average Bonchev–Trinajstić information content (AvgIpc) is 3.04. The van der Waals surface area contributed by atoms with Crippen LogP contribution < -0.4 is 0 Å². The number of hydrogen-bond acceptors (Lipinski definition) is 0. The monoisotopic (exact) mass is 348 g/mol. The third-order valence-electron chi connectivity index (χ3n) is 6.16. The summed E-state index contributed by atoms with van der Waals surface area (Å²) in [5, 5.41) is 0. The van der Waals surface area contributed by atoms with Crippen LogP contribution in [0.25, 0.3) is 0 Å². The van der Waals surface area contributed by atoms with Gasteiger partial charge in [0.2, 0.25) is 0 Å². The van der Waals surface area contributed by atoms with Crippen molar-refractivity contribution in [3.63, 3.8) is 0 Å². The normalized spacial score (nSPS) is 27.5. The Kier molecular flexibility index (Phi) is 16.6. The van der Waals surface area contributed by atoms with Gasteiger partial charge in [0, 0.05) is 0 Å². The zero-order valence-electron chi connectivity index (χ0n) is 18.2. The third-order valence-corrected chi connectivity index (χ3v) is 6.16. The van der Waals surface area contributed by atoms with Crippen LogP contribution in [0.5, 0.6) is 0 Å². The summed E-state index contributed by atoms with van der Waals surface area (Å²) in [6.45, 7) is 14.9. The molecule has 0 saturated heterocycles. The van der Waals surface area contributed by atoms with Crippen molar-refractivity contribution in [2.75, 3.05) is 0 Å². The summed E-state index contributed by atoms with van der Waals surface area (Å²) in [4.78, 5) is 0. The van der Waals surface area contributed by atoms with Gasteiger partial charge in [-0.2, -0.15) is 0 Å². The Morgan fingerprint density at radius 3 is 2.48 bits per heavy atom. The quantitative estimate of drug-likeness (QED) is 0.343. The average molecular weight is 349 g/mol. The van der Waals surface area contributed by atoms with Gasteiger partial charge >= 0.3 is 0 Å². The maximum Gasteiger partial charge on any atom is -0.0320 e. The van der Waals surface area contributed by atoms with Gasteiger partial charge in [-0.1, -0.05) is 91.4 Å². The van der Waals surface area contributed by atoms with Crippen molar-refractivity contribution in [1.82, 2.24) is 0 Å². The highest BCUT2D eigenvalue weighted by Crippen LogP contribution is 2.29. The lowest BCUT2D eigenvalue weighted by Crippen LogP contribution is -2.09. The van der Waals surface area contributed by atoms with Crippen LogP contribution in [0, 0.1) is 23.7 Å². The zero-order chi connectivity index (χ0) is 18.9. The predicted octanol–water partition coefficient (Wildman–Crippen LogP) is 8.97. The lowest BCUT2D eigenvalue weighted by molar-refractivity contribution is 0.328. The van der Waals surface area contributed by atoms with Crippen LogP contribution in [-0.2, 0) is 0 Å². The molecule has 4 atom stereocenters. The summed E-state index contributed by atoms with van der Waals surface area (Å²) < 4.78 is 0. The second-order valence-corrected chi connectivity index (χ2v) is 8.13. The smallest absolute Gasteiger partial charge is 0.0320 e. The summed E-state index contributed by atoms with van der Waals surface area (Å²) in [6, 6.07) is 0. The van der Waals surface area contributed by atoms with E-state index in [1.54, 1.807) is 0 Å². The highest BCUT2D eigenvalue weighted by molar-refractivity contribution is 4.88. The van der Waals surface area contributed by atoms with E-state index >= 15 is 0 Å². The van der Waals surface area contributed by atoms with Crippen molar-refractivity contribution in [3.8, 4) is 0 Å². The fourth-order valence-electron chi connectivity index (χ4n) is 4.06. The molecule has 1 saturated carbocycles. The first-order chi connectivity index (χ1) is 12.2. The zero-order valence-corrected chi connectivity index (χ0v) is 18.2. The van der Waals surface area contributed by atoms with Gasteiger partial charge in [0.05, 0.1) is 0 Å². The van der Waals surface area contributed by atoms with Crippen molar-refractivity contribution in [2.45, 2.75) is 112 Å². The molecule has 2 aliphatic carbocycles. The summed E-state index contributed by atoms with van der Waals surface area (Å²) in [6.07, 6.45) is 23.6. The Bertz CT molecular complexity index is 314. The molecule has 0 N–H and O–H groups in total. The minimum absolute atomic E-state index is 0.928. The van der Waals surface area contributed by atoms with Crippen LogP contribution in [0.3, 0.4) is 0 Å². The summed E-state index contributed by atoms with van der Waals surface area (Å²) in [7, 11) is 0. The molecular formula is C25H48. The maximum absolute atomic E-state index is 3.78. The van der Waals surface area contributed by atoms with Gasteiger partial charge in [0.1, 0.15) is 0 Å². The van der Waals surface area contributed by atoms with E-state index in [2.05, 4.69) is 45.6 Å². The molecule has 0 amide bonds. The van der Waals surface area contributed by atoms with Gasteiger partial charge in [0.15, 0.2) is 0 Å². The summed E-state index contributed by atoms with van der Waals surface area (Å²) in [5.74, 6) is 3.89. The minimum atomic E-state index is 0.928. The molecule has 0 nitrogen and oxygen atoms in total. The van der Waals surface area contributed by atoms with Gasteiger partial charge in [-0.05, 0) is 62.2 Å². The van der Waals surface area contributed by atoms with Gasteiger partial charge in [0.25, 0.3) is 0 Å². The lowest BCUT2D eigenvalue weighted by Gasteiger charge is -2.19. The van der Waals surface area contributed by atoms with Crippen LogP contribution >= 0.6 is 0 Å². The predicted molar refractivity (Wildman–Crippen MR) is 117 cm³/mol. The largest absolute Gasteiger partial charge is 0.103 e. The minimum Gasteiger partial charge on any atom is -0.103 e. The van der Waals surface area contributed by atoms with E-state index in [-0.39, 0.29) is 0 Å². The Morgan fingerprint density at radius 1 is 1.04 bits per heavy atom. The van der Waals surface area contributed by atoms with Gasteiger partial charge in [-0.15, -0.1) is 6.58 Å². The molecule has 0 radical (unpaired) electrons. The molecule has 0 aliphatic heterocycles. The van der Waals surface area contributed by atoms with E-state index < -0.39 is 0 Å². The Hall–Kier alpha value is -0.520. The van der Waals surface area contributed by atoms with Crippen molar-refractivity contribution in [2.24, 2.45) is 23.7 Å². The van der Waals surface area contributed by atoms with Crippen LogP contribution in [0.2, 0.25) is 0 Å². The van der Waals surface area contributed by atoms with Crippen LogP contribution in [0.4, 0.5) is 0 Å². The molecule has 0 bridgehead atoms. The molecule has 0 heterocycles. The standard InChI is InChI=1S/C12H22.C11H20.C2H6/c1-3-4-7-12-8-5-6-11(2)9-10-12;1-3-10(2)11-8-6-4-5-7-9-11;1-2/h3,11-12H,1,4-10H2,2H3;4,6,10-11H,3,5,7-9H2,1-2H3;1-2H3/t;10?,11-;/m.0./s1. The summed E-state index contributed by atoms with van der Waals surface area (Å²) >= 11 is 0. The van der Waals surface area contributed by atoms with Crippen molar-refractivity contribution < 1.29 is 0 Å². The van der Waals surface area contributed by atoms with Gasteiger partial charge in [-0.25, -0.2) is 0 Å². The number of hydrogen-bond donors (Lipinski definition) is 0. The molecule has 0 aromatic rings. The van der Waals surface area contributed by atoms with E-state index in [1.165, 1.54) is 77.0 Å². The Labute approximate surface area is 160 Å². The third kappa shape index (κ3) is 12.5. The van der Waals surface area contributed by atoms with Crippen molar-refractivity contribution in [3.05, 3.63) is 24.8 Å². The van der Waals surface area contributed by atoms with E-state index in [0.29, 0.717) is 0 Å². The fraction of sp³-hybridized carbons (Fsp3) is 0.840. The second-order valence-electron chi connectivity index (χ2n) is 8.13. The highest BCUT2D eigenvalue weighted by atomic mass is 14.2. The van der Waals surface area contributed by atoms with Gasteiger partial charge in [-0.3, -0.25) is 0 Å². The van der Waals surface area contributed by atoms with E-state index in [9.17, 15) is 0 Å². The topological polar surface area (TPSA) is 0 Å². The number of rotatable bonds is 5. The molecule has 0 heteroatoms. The summed E-state index contributed by atoms with van der Waals surface area (Å²) in [5.41, 5.74) is 0. The Balaban J connectivity index is 0.000000421. The molecule has 2 aliphatic rings. The molecular weight excluding hydrogens is 300 g/mol. The molecule has 0 spiro atoms. The maximum atomic E-state index is 3.78. The molecule has 3 unspecified atom stereocenters. The van der Waals surface area contributed by atoms with E-state index in [1.807, 2.05) is 13.8 Å². The second kappa shape index (κ2) is 16.9. The number of allylic oxidation sites excluding steroid dienone is 3. The van der Waals surface area contributed by atoms with Crippen molar-refractivity contribution >= 4 is 0 Å². The molecule has 1 fully saturated rings. The fourth-order valence-corrected chi connectivity index (χ4v) is 4.06. The van der Waals surface area contributed by atoms with E-state index in [0.717, 1.165) is 23.7 Å². The molecule has 2 rings (SSSR count). The van der Waals surface area contributed by atoms with Crippen LogP contribution in [0.1, 0.15) is 112 Å². The van der Waals surface area contributed by atoms with E-state index in [4.69, 9.17) is 0 Å². The van der Waals surface area contributed by atoms with Crippen LogP contribution in [-0.4, -0.2) is 0 Å². The first-order valence-electron chi connectivity index (χ1n) is 11.4. The highest BCUT2D eigenvalue weighted by Gasteiger charge is 2.15. The molecule has 0 aromatic heterocycles. The first kappa shape index (κ1) is 24.5. The first-order valence-corrected chi connectivity index (χ1v) is 11.4. The molecule has 148 valence electrons. The molecule has 25 heavy (non-hydrogen) atoms. The van der Waals surface area contributed by atoms with Crippen LogP contribution in [0.15, 0.2) is 24.8 Å². The SMILES string of the molecule is C=CCCC1CCCC(C)CC1.CC.CCC(C)[C@H]1CC=CCCC1. The lowest BCUT2D eigenvalue weighted by atomic mass is 9.86. The Morgan fingerprint density at radius 2 is 1.80 bits per heavy atom. The van der Waals surface area contributed by atoms with Crippen molar-refractivity contribution in [1.29, 1.82) is 0 Å². The molecule has 0 aromatic carbocycles. The van der Waals surface area contributed by atoms with Gasteiger partial charge < -0.3 is 0 Å².